The molecule has 7 heteroatoms. The fraction of sp³-hybridized carbons (Fsp3) is 0.350. The molecule has 0 aliphatic carbocycles. The van der Waals surface area contributed by atoms with Gasteiger partial charge in [0.1, 0.15) is 10.9 Å². The Balaban J connectivity index is 1.75. The van der Waals surface area contributed by atoms with E-state index in [4.69, 9.17) is 28.6 Å². The lowest BCUT2D eigenvalue weighted by atomic mass is 10.2. The minimum atomic E-state index is -0.291. The lowest BCUT2D eigenvalue weighted by Crippen LogP contribution is -2.34. The Morgan fingerprint density at radius 1 is 1.11 bits per heavy atom. The van der Waals surface area contributed by atoms with Crippen LogP contribution in [0, 0.1) is 0 Å². The maximum absolute atomic E-state index is 12.3. The number of hydrogen-bond donors (Lipinski definition) is 2. The molecular formula is C20H24ClN3O2S. The number of halogens is 1. The third-order valence-corrected chi connectivity index (χ3v) is 4.27. The Kier molecular flexibility index (Phi) is 9.01. The van der Waals surface area contributed by atoms with Crippen LogP contribution in [0.25, 0.3) is 0 Å². The molecular weight excluding hydrogens is 382 g/mol. The Hall–Kier alpha value is -2.18. The number of aromatic nitrogens is 1. The number of ether oxygens (including phenoxy) is 1. The summed E-state index contributed by atoms with van der Waals surface area (Å²) >= 11 is 10.9. The molecule has 0 bridgehead atoms. The molecule has 144 valence electrons. The average molecular weight is 406 g/mol. The quantitative estimate of drug-likeness (QED) is 0.340. The van der Waals surface area contributed by atoms with Crippen LogP contribution in [0.5, 0.6) is 5.75 Å². The van der Waals surface area contributed by atoms with Crippen molar-refractivity contribution in [3.05, 3.63) is 53.3 Å². The van der Waals surface area contributed by atoms with E-state index < -0.39 is 0 Å². The van der Waals surface area contributed by atoms with Crippen molar-refractivity contribution in [2.24, 2.45) is 0 Å². The molecule has 2 rings (SSSR count). The highest BCUT2D eigenvalue weighted by molar-refractivity contribution is 7.80. The smallest absolute Gasteiger partial charge is 0.257 e. The van der Waals surface area contributed by atoms with Crippen molar-refractivity contribution in [1.82, 2.24) is 10.3 Å². The van der Waals surface area contributed by atoms with E-state index in [9.17, 15) is 4.79 Å². The number of anilines is 1. The van der Waals surface area contributed by atoms with Crippen LogP contribution < -0.4 is 15.4 Å². The number of hydrogen-bond acceptors (Lipinski definition) is 4. The normalized spacial score (nSPS) is 10.3. The predicted octanol–water partition coefficient (Wildman–Crippen LogP) is 5.21. The molecule has 0 saturated heterocycles. The number of nitrogens with zero attached hydrogens (tertiary/aromatic N) is 1. The van der Waals surface area contributed by atoms with Crippen LogP contribution in [0.1, 0.15) is 49.4 Å². The number of unbranched alkanes of at least 4 members (excludes halogenated alkanes) is 4. The zero-order valence-electron chi connectivity index (χ0n) is 15.3. The monoisotopic (exact) mass is 405 g/mol. The molecule has 0 aliphatic heterocycles. The van der Waals surface area contributed by atoms with Crippen LogP contribution in [0.4, 0.5) is 5.69 Å². The highest BCUT2D eigenvalue weighted by Crippen LogP contribution is 2.14. The summed E-state index contributed by atoms with van der Waals surface area (Å²) in [5.41, 5.74) is 1.15. The minimum Gasteiger partial charge on any atom is -0.494 e. The lowest BCUT2D eigenvalue weighted by Gasteiger charge is -2.10. The van der Waals surface area contributed by atoms with Gasteiger partial charge in [-0.3, -0.25) is 10.1 Å². The number of rotatable bonds is 9. The topological polar surface area (TPSA) is 63.2 Å². The van der Waals surface area contributed by atoms with Crippen molar-refractivity contribution in [3.63, 3.8) is 0 Å². The van der Waals surface area contributed by atoms with E-state index in [0.717, 1.165) is 12.2 Å². The summed E-state index contributed by atoms with van der Waals surface area (Å²) in [7, 11) is 0. The van der Waals surface area contributed by atoms with Crippen LogP contribution in [-0.2, 0) is 0 Å². The highest BCUT2D eigenvalue weighted by Gasteiger charge is 2.08. The molecule has 0 radical (unpaired) electrons. The van der Waals surface area contributed by atoms with Gasteiger partial charge >= 0.3 is 0 Å². The second-order valence-corrected chi connectivity index (χ2v) is 6.86. The van der Waals surface area contributed by atoms with E-state index >= 15 is 0 Å². The molecule has 1 aromatic heterocycles. The predicted molar refractivity (Wildman–Crippen MR) is 114 cm³/mol. The summed E-state index contributed by atoms with van der Waals surface area (Å²) in [4.78, 5) is 16.2. The molecule has 1 amide bonds. The van der Waals surface area contributed by atoms with Crippen molar-refractivity contribution in [2.45, 2.75) is 39.0 Å². The van der Waals surface area contributed by atoms with E-state index in [-0.39, 0.29) is 11.0 Å². The second-order valence-electron chi connectivity index (χ2n) is 6.06. The Morgan fingerprint density at radius 2 is 1.85 bits per heavy atom. The lowest BCUT2D eigenvalue weighted by molar-refractivity contribution is 0.0977. The zero-order chi connectivity index (χ0) is 19.5. The van der Waals surface area contributed by atoms with Crippen molar-refractivity contribution < 1.29 is 9.53 Å². The molecule has 0 aliphatic rings. The second kappa shape index (κ2) is 11.5. The molecule has 0 fully saturated rings. The number of thiocarbonyl (C=S) groups is 1. The van der Waals surface area contributed by atoms with Crippen molar-refractivity contribution in [3.8, 4) is 5.75 Å². The summed E-state index contributed by atoms with van der Waals surface area (Å²) in [5, 5.41) is 6.09. The van der Waals surface area contributed by atoms with Gasteiger partial charge in [0.05, 0.1) is 18.5 Å². The number of nitrogens with one attached hydrogen (secondary N) is 2. The first kappa shape index (κ1) is 21.1. The fourth-order valence-corrected chi connectivity index (χ4v) is 2.71. The van der Waals surface area contributed by atoms with Gasteiger partial charge in [-0.05, 0) is 55.0 Å². The Labute approximate surface area is 170 Å². The Morgan fingerprint density at radius 3 is 2.52 bits per heavy atom. The maximum Gasteiger partial charge on any atom is 0.257 e. The van der Waals surface area contributed by atoms with Crippen LogP contribution >= 0.6 is 23.8 Å². The highest BCUT2D eigenvalue weighted by atomic mass is 35.5. The minimum absolute atomic E-state index is 0.191. The van der Waals surface area contributed by atoms with Crippen LogP contribution in [0.2, 0.25) is 5.15 Å². The zero-order valence-corrected chi connectivity index (χ0v) is 16.9. The number of carbonyl (C=O) groups is 1. The molecule has 5 nitrogen and oxygen atoms in total. The molecule has 1 aromatic carbocycles. The molecule has 0 atom stereocenters. The van der Waals surface area contributed by atoms with Crippen LogP contribution in [0.3, 0.4) is 0 Å². The van der Waals surface area contributed by atoms with E-state index in [0.29, 0.717) is 23.0 Å². The molecule has 0 spiro atoms. The van der Waals surface area contributed by atoms with Crippen LogP contribution in [-0.4, -0.2) is 22.6 Å². The van der Waals surface area contributed by atoms with Gasteiger partial charge in [-0.15, -0.1) is 0 Å². The third kappa shape index (κ3) is 7.93. The first-order valence-electron chi connectivity index (χ1n) is 9.05. The van der Waals surface area contributed by atoms with Gasteiger partial charge in [0, 0.05) is 5.56 Å². The number of pyridine rings is 1. The van der Waals surface area contributed by atoms with Crippen molar-refractivity contribution in [2.75, 3.05) is 11.9 Å². The summed E-state index contributed by atoms with van der Waals surface area (Å²) in [6.07, 6.45) is 7.52. The van der Waals surface area contributed by atoms with Gasteiger partial charge in [0.15, 0.2) is 5.11 Å². The first-order chi connectivity index (χ1) is 13.1. The molecule has 0 saturated carbocycles. The molecule has 27 heavy (non-hydrogen) atoms. The van der Waals surface area contributed by atoms with Gasteiger partial charge in [-0.1, -0.05) is 44.2 Å². The van der Waals surface area contributed by atoms with Gasteiger partial charge < -0.3 is 10.1 Å². The van der Waals surface area contributed by atoms with Gasteiger partial charge in [0.25, 0.3) is 5.91 Å². The number of carbonyl (C=O) groups excluding carboxylic acids is 1. The largest absolute Gasteiger partial charge is 0.494 e. The van der Waals surface area contributed by atoms with Crippen molar-refractivity contribution in [1.29, 1.82) is 0 Å². The first-order valence-corrected chi connectivity index (χ1v) is 9.84. The summed E-state index contributed by atoms with van der Waals surface area (Å²) < 4.78 is 5.70. The SMILES string of the molecule is CCCCCCCOc1ccc(C(=O)NC(=S)Nc2ccc(Cl)nc2)cc1. The molecule has 1 heterocycles. The summed E-state index contributed by atoms with van der Waals surface area (Å²) in [5.74, 6) is 0.468. The number of amides is 1. The summed E-state index contributed by atoms with van der Waals surface area (Å²) in [6.45, 7) is 2.89. The van der Waals surface area contributed by atoms with E-state index in [1.165, 1.54) is 31.9 Å². The average Bonchev–Trinajstić information content (AvgIpc) is 2.67. The third-order valence-electron chi connectivity index (χ3n) is 3.85. The van der Waals surface area contributed by atoms with Gasteiger partial charge in [-0.2, -0.15) is 0 Å². The fourth-order valence-electron chi connectivity index (χ4n) is 2.39. The number of benzene rings is 1. The van der Waals surface area contributed by atoms with E-state index in [1.807, 2.05) is 0 Å². The maximum atomic E-state index is 12.3. The van der Waals surface area contributed by atoms with E-state index in [2.05, 4.69) is 22.5 Å². The standard InChI is InChI=1S/C20H24ClN3O2S/c1-2-3-4-5-6-13-26-17-10-7-15(8-11-17)19(25)24-20(27)23-16-9-12-18(21)22-14-16/h7-12,14H,2-6,13H2,1H3,(H2,23,24,25,27). The van der Waals surface area contributed by atoms with Gasteiger partial charge in [-0.25, -0.2) is 4.98 Å². The molecule has 2 N–H and O–H groups in total. The molecule has 0 unspecified atom stereocenters. The summed E-state index contributed by atoms with van der Waals surface area (Å²) in [6, 6.07) is 10.4. The van der Waals surface area contributed by atoms with E-state index in [1.54, 1.807) is 36.4 Å². The molecule has 2 aromatic rings. The van der Waals surface area contributed by atoms with Crippen molar-refractivity contribution >= 4 is 40.5 Å². The Bertz CT molecular complexity index is 736. The van der Waals surface area contributed by atoms with Crippen LogP contribution in [0.15, 0.2) is 42.6 Å². The van der Waals surface area contributed by atoms with Gasteiger partial charge in [0.2, 0.25) is 0 Å².